The Balaban J connectivity index is 2.08. The van der Waals surface area contributed by atoms with E-state index in [4.69, 9.17) is 10.5 Å². The standard InChI is InChI=1S/C13H22N2O4/c1-2-3-12(11(17)18)4-6-15(8-12)10(16)13(14)5-7-19-9-13/h2-9,14H2,1H3,(H,17,18). The zero-order valence-electron chi connectivity index (χ0n) is 11.4. The predicted molar refractivity (Wildman–Crippen MR) is 68.5 cm³/mol. The molecule has 0 saturated carbocycles. The lowest BCUT2D eigenvalue weighted by molar-refractivity contribution is -0.149. The van der Waals surface area contributed by atoms with Gasteiger partial charge in [-0.15, -0.1) is 0 Å². The van der Waals surface area contributed by atoms with E-state index in [1.165, 1.54) is 0 Å². The van der Waals surface area contributed by atoms with Crippen LogP contribution in [0.5, 0.6) is 0 Å². The predicted octanol–water partition coefficient (Wildman–Crippen LogP) is 0.208. The van der Waals surface area contributed by atoms with E-state index in [-0.39, 0.29) is 19.1 Å². The summed E-state index contributed by atoms with van der Waals surface area (Å²) in [5.74, 6) is -0.970. The summed E-state index contributed by atoms with van der Waals surface area (Å²) in [5.41, 5.74) is 4.31. The first kappa shape index (κ1) is 14.3. The summed E-state index contributed by atoms with van der Waals surface area (Å²) >= 11 is 0. The summed E-state index contributed by atoms with van der Waals surface area (Å²) in [6, 6.07) is 0. The van der Waals surface area contributed by atoms with E-state index in [0.717, 1.165) is 6.42 Å². The van der Waals surface area contributed by atoms with E-state index in [1.54, 1.807) is 4.90 Å². The van der Waals surface area contributed by atoms with Crippen LogP contribution in [0.25, 0.3) is 0 Å². The smallest absolute Gasteiger partial charge is 0.311 e. The maximum absolute atomic E-state index is 12.4. The SMILES string of the molecule is CCCC1(C(=O)O)CCN(C(=O)C2(N)CCOC2)C1. The lowest BCUT2D eigenvalue weighted by Crippen LogP contribution is -2.55. The number of carbonyl (C=O) groups is 2. The van der Waals surface area contributed by atoms with Gasteiger partial charge in [0.05, 0.1) is 12.0 Å². The van der Waals surface area contributed by atoms with Gasteiger partial charge in [0.25, 0.3) is 0 Å². The van der Waals surface area contributed by atoms with E-state index in [2.05, 4.69) is 0 Å². The third-order valence-corrected chi connectivity index (χ3v) is 4.30. The first-order valence-corrected chi connectivity index (χ1v) is 6.83. The fourth-order valence-corrected chi connectivity index (χ4v) is 3.07. The van der Waals surface area contributed by atoms with Crippen LogP contribution in [-0.2, 0) is 14.3 Å². The highest BCUT2D eigenvalue weighted by atomic mass is 16.5. The van der Waals surface area contributed by atoms with Gasteiger partial charge in [-0.2, -0.15) is 0 Å². The monoisotopic (exact) mass is 270 g/mol. The number of hydrogen-bond acceptors (Lipinski definition) is 4. The molecule has 0 radical (unpaired) electrons. The second kappa shape index (κ2) is 5.09. The molecule has 108 valence electrons. The number of nitrogens with two attached hydrogens (primary N) is 1. The summed E-state index contributed by atoms with van der Waals surface area (Å²) in [6.07, 6.45) is 2.42. The van der Waals surface area contributed by atoms with Crippen LogP contribution in [0.4, 0.5) is 0 Å². The highest BCUT2D eigenvalue weighted by Gasteiger charge is 2.49. The summed E-state index contributed by atoms with van der Waals surface area (Å²) in [5, 5.41) is 9.43. The molecule has 2 aliphatic rings. The van der Waals surface area contributed by atoms with Crippen molar-refractivity contribution in [3.8, 4) is 0 Å². The minimum Gasteiger partial charge on any atom is -0.481 e. The number of aliphatic carboxylic acids is 1. The lowest BCUT2D eigenvalue weighted by atomic mass is 9.82. The van der Waals surface area contributed by atoms with E-state index in [0.29, 0.717) is 32.4 Å². The van der Waals surface area contributed by atoms with Crippen LogP contribution in [0.3, 0.4) is 0 Å². The van der Waals surface area contributed by atoms with E-state index in [1.807, 2.05) is 6.92 Å². The van der Waals surface area contributed by atoms with Crippen molar-refractivity contribution in [1.82, 2.24) is 4.90 Å². The maximum atomic E-state index is 12.4. The van der Waals surface area contributed by atoms with E-state index < -0.39 is 16.9 Å². The van der Waals surface area contributed by atoms with Crippen LogP contribution in [0.2, 0.25) is 0 Å². The first-order valence-electron chi connectivity index (χ1n) is 6.83. The summed E-state index contributed by atoms with van der Waals surface area (Å²) in [7, 11) is 0. The summed E-state index contributed by atoms with van der Waals surface area (Å²) in [4.78, 5) is 25.5. The molecule has 0 aromatic heterocycles. The van der Waals surface area contributed by atoms with Crippen molar-refractivity contribution in [3.05, 3.63) is 0 Å². The van der Waals surface area contributed by atoms with Crippen molar-refractivity contribution in [2.45, 2.75) is 38.1 Å². The fourth-order valence-electron chi connectivity index (χ4n) is 3.07. The Hall–Kier alpha value is -1.14. The van der Waals surface area contributed by atoms with Crippen LogP contribution in [-0.4, -0.2) is 53.7 Å². The number of carbonyl (C=O) groups excluding carboxylic acids is 1. The number of likely N-dealkylation sites (tertiary alicyclic amines) is 1. The molecule has 6 heteroatoms. The van der Waals surface area contributed by atoms with Gasteiger partial charge in [0.2, 0.25) is 5.91 Å². The molecule has 2 fully saturated rings. The Kier molecular flexibility index (Phi) is 3.82. The molecule has 0 aliphatic carbocycles. The van der Waals surface area contributed by atoms with Crippen LogP contribution in [0.1, 0.15) is 32.6 Å². The number of ether oxygens (including phenoxy) is 1. The Morgan fingerprint density at radius 2 is 2.16 bits per heavy atom. The number of hydrogen-bond donors (Lipinski definition) is 2. The molecule has 2 rings (SSSR count). The topological polar surface area (TPSA) is 92.9 Å². The fraction of sp³-hybridized carbons (Fsp3) is 0.846. The zero-order chi connectivity index (χ0) is 14.1. The molecule has 0 aromatic carbocycles. The normalized spacial score (nSPS) is 34.7. The van der Waals surface area contributed by atoms with Gasteiger partial charge in [-0.05, 0) is 19.3 Å². The Labute approximate surface area is 112 Å². The zero-order valence-corrected chi connectivity index (χ0v) is 11.4. The second-order valence-corrected chi connectivity index (χ2v) is 5.77. The first-order chi connectivity index (χ1) is 8.93. The molecule has 0 aromatic rings. The lowest BCUT2D eigenvalue weighted by Gasteiger charge is -2.29. The van der Waals surface area contributed by atoms with E-state index >= 15 is 0 Å². The van der Waals surface area contributed by atoms with E-state index in [9.17, 15) is 14.7 Å². The number of carboxylic acid groups (broad SMARTS) is 1. The van der Waals surface area contributed by atoms with Gasteiger partial charge in [-0.1, -0.05) is 13.3 Å². The quantitative estimate of drug-likeness (QED) is 0.761. The highest BCUT2D eigenvalue weighted by molar-refractivity contribution is 5.88. The van der Waals surface area contributed by atoms with Gasteiger partial charge >= 0.3 is 5.97 Å². The van der Waals surface area contributed by atoms with Gasteiger partial charge in [-0.25, -0.2) is 0 Å². The molecule has 0 bridgehead atoms. The second-order valence-electron chi connectivity index (χ2n) is 5.77. The third-order valence-electron chi connectivity index (χ3n) is 4.30. The average Bonchev–Trinajstić information content (AvgIpc) is 2.97. The van der Waals surface area contributed by atoms with Crippen molar-refractivity contribution in [3.63, 3.8) is 0 Å². The van der Waals surface area contributed by atoms with Crippen molar-refractivity contribution in [1.29, 1.82) is 0 Å². The summed E-state index contributed by atoms with van der Waals surface area (Å²) in [6.45, 7) is 3.44. The molecule has 2 saturated heterocycles. The van der Waals surface area contributed by atoms with Crippen molar-refractivity contribution < 1.29 is 19.4 Å². The van der Waals surface area contributed by atoms with Crippen molar-refractivity contribution >= 4 is 11.9 Å². The Bertz CT molecular complexity index is 379. The van der Waals surface area contributed by atoms with Crippen LogP contribution in [0, 0.1) is 5.41 Å². The number of carboxylic acids is 1. The highest BCUT2D eigenvalue weighted by Crippen LogP contribution is 2.36. The molecule has 0 spiro atoms. The molecule has 2 unspecified atom stereocenters. The average molecular weight is 270 g/mol. The Morgan fingerprint density at radius 1 is 1.42 bits per heavy atom. The molecule has 6 nitrogen and oxygen atoms in total. The van der Waals surface area contributed by atoms with Crippen LogP contribution < -0.4 is 5.73 Å². The largest absolute Gasteiger partial charge is 0.481 e. The molecule has 19 heavy (non-hydrogen) atoms. The van der Waals surface area contributed by atoms with Gasteiger partial charge in [-0.3, -0.25) is 9.59 Å². The minimum atomic E-state index is -0.958. The molecule has 1 amide bonds. The number of nitrogens with zero attached hydrogens (tertiary/aromatic N) is 1. The van der Waals surface area contributed by atoms with Gasteiger partial charge < -0.3 is 20.5 Å². The third kappa shape index (κ3) is 2.47. The maximum Gasteiger partial charge on any atom is 0.311 e. The molecule has 2 heterocycles. The van der Waals surface area contributed by atoms with Gasteiger partial charge in [0, 0.05) is 19.7 Å². The summed E-state index contributed by atoms with van der Waals surface area (Å²) < 4.78 is 5.20. The number of amides is 1. The minimum absolute atomic E-state index is 0.163. The van der Waals surface area contributed by atoms with Gasteiger partial charge in [0.15, 0.2) is 0 Å². The molecular weight excluding hydrogens is 248 g/mol. The van der Waals surface area contributed by atoms with Crippen LogP contribution in [0.15, 0.2) is 0 Å². The molecule has 2 aliphatic heterocycles. The van der Waals surface area contributed by atoms with Crippen molar-refractivity contribution in [2.24, 2.45) is 11.1 Å². The number of rotatable bonds is 4. The molecule has 3 N–H and O–H groups in total. The molecular formula is C13H22N2O4. The van der Waals surface area contributed by atoms with Crippen molar-refractivity contribution in [2.75, 3.05) is 26.3 Å². The Morgan fingerprint density at radius 3 is 2.68 bits per heavy atom. The molecule has 2 atom stereocenters. The van der Waals surface area contributed by atoms with Crippen LogP contribution >= 0.6 is 0 Å². The van der Waals surface area contributed by atoms with Gasteiger partial charge in [0.1, 0.15) is 5.54 Å².